The van der Waals surface area contributed by atoms with E-state index in [0.29, 0.717) is 12.2 Å². The van der Waals surface area contributed by atoms with Crippen LogP contribution < -0.4 is 5.32 Å². The lowest BCUT2D eigenvalue weighted by molar-refractivity contribution is -0.142. The fourth-order valence-electron chi connectivity index (χ4n) is 2.09. The van der Waals surface area contributed by atoms with Crippen LogP contribution in [0, 0.1) is 0 Å². The van der Waals surface area contributed by atoms with Crippen LogP contribution in [0.2, 0.25) is 0 Å². The molecule has 4 nitrogen and oxygen atoms in total. The van der Waals surface area contributed by atoms with Gasteiger partial charge in [0.25, 0.3) is 6.43 Å². The Bertz CT molecular complexity index is 493. The summed E-state index contributed by atoms with van der Waals surface area (Å²) in [4.78, 5) is 7.61. The van der Waals surface area contributed by atoms with Gasteiger partial charge in [0, 0.05) is 18.5 Å². The molecule has 0 spiro atoms. The van der Waals surface area contributed by atoms with Crippen molar-refractivity contribution in [2.24, 2.45) is 0 Å². The predicted molar refractivity (Wildman–Crippen MR) is 63.0 cm³/mol. The number of fused-ring (bicyclic) bond motifs is 1. The quantitative estimate of drug-likeness (QED) is 0.667. The van der Waals surface area contributed by atoms with E-state index in [-0.39, 0.29) is 37.4 Å². The summed E-state index contributed by atoms with van der Waals surface area (Å²) in [6.07, 6.45) is -6.98. The van der Waals surface area contributed by atoms with Crippen molar-refractivity contribution in [1.82, 2.24) is 15.3 Å². The predicted octanol–water partition coefficient (Wildman–Crippen LogP) is 1.97. The first kappa shape index (κ1) is 16.0. The average Bonchev–Trinajstić information content (AvgIpc) is 2.41. The Kier molecular flexibility index (Phi) is 5.04. The standard InChI is InChI=1S/C12H14F5N3O/c13-9(14)6-21-4-2-10-19-8-5-18-3-1-7(8)11(20-10)12(15,16)17/h9,18H,1-6H2. The molecule has 0 aromatic carbocycles. The van der Waals surface area contributed by atoms with Crippen molar-refractivity contribution in [2.45, 2.75) is 32.0 Å². The number of ether oxygens (including phenoxy) is 1. The maximum Gasteiger partial charge on any atom is 0.433 e. The number of nitrogens with one attached hydrogen (secondary N) is 1. The van der Waals surface area contributed by atoms with Crippen LogP contribution in [-0.2, 0) is 30.3 Å². The minimum atomic E-state index is -4.55. The van der Waals surface area contributed by atoms with Gasteiger partial charge in [0.15, 0.2) is 5.69 Å². The molecule has 1 aromatic rings. The molecule has 1 aromatic heterocycles. The zero-order chi connectivity index (χ0) is 15.5. The van der Waals surface area contributed by atoms with Crippen molar-refractivity contribution in [2.75, 3.05) is 19.8 Å². The molecule has 0 amide bonds. The molecule has 21 heavy (non-hydrogen) atoms. The Morgan fingerprint density at radius 1 is 1.24 bits per heavy atom. The highest BCUT2D eigenvalue weighted by molar-refractivity contribution is 5.30. The monoisotopic (exact) mass is 311 g/mol. The van der Waals surface area contributed by atoms with Crippen LogP contribution in [0.3, 0.4) is 0 Å². The van der Waals surface area contributed by atoms with Crippen LogP contribution in [0.1, 0.15) is 22.8 Å². The number of alkyl halides is 5. The van der Waals surface area contributed by atoms with E-state index >= 15 is 0 Å². The number of halogens is 5. The minimum absolute atomic E-state index is 0.0386. The van der Waals surface area contributed by atoms with Gasteiger partial charge in [-0.3, -0.25) is 0 Å². The van der Waals surface area contributed by atoms with Crippen molar-refractivity contribution >= 4 is 0 Å². The van der Waals surface area contributed by atoms with E-state index in [1.807, 2.05) is 0 Å². The Hall–Kier alpha value is -1.35. The molecule has 1 N–H and O–H groups in total. The summed E-state index contributed by atoms with van der Waals surface area (Å²) in [6, 6.07) is 0. The van der Waals surface area contributed by atoms with E-state index in [1.165, 1.54) is 0 Å². The minimum Gasteiger partial charge on any atom is -0.375 e. The summed E-state index contributed by atoms with van der Waals surface area (Å²) in [7, 11) is 0. The van der Waals surface area contributed by atoms with Gasteiger partial charge in [-0.25, -0.2) is 18.7 Å². The highest BCUT2D eigenvalue weighted by Gasteiger charge is 2.37. The summed E-state index contributed by atoms with van der Waals surface area (Å²) < 4.78 is 67.5. The molecular weight excluding hydrogens is 297 g/mol. The van der Waals surface area contributed by atoms with E-state index < -0.39 is 24.9 Å². The van der Waals surface area contributed by atoms with Crippen molar-refractivity contribution < 1.29 is 26.7 Å². The SMILES string of the molecule is FC(F)COCCc1nc2c(c(C(F)(F)F)n1)CCNC2. The van der Waals surface area contributed by atoms with E-state index in [9.17, 15) is 22.0 Å². The molecule has 0 fully saturated rings. The summed E-state index contributed by atoms with van der Waals surface area (Å²) >= 11 is 0. The zero-order valence-electron chi connectivity index (χ0n) is 11.0. The number of hydrogen-bond acceptors (Lipinski definition) is 4. The van der Waals surface area contributed by atoms with Gasteiger partial charge in [-0.2, -0.15) is 13.2 Å². The highest BCUT2D eigenvalue weighted by Crippen LogP contribution is 2.32. The molecule has 2 rings (SSSR count). The van der Waals surface area contributed by atoms with E-state index in [1.54, 1.807) is 0 Å². The first-order valence-electron chi connectivity index (χ1n) is 6.40. The lowest BCUT2D eigenvalue weighted by Gasteiger charge is -2.21. The summed E-state index contributed by atoms with van der Waals surface area (Å²) in [5, 5.41) is 2.94. The second-order valence-corrected chi connectivity index (χ2v) is 4.55. The van der Waals surface area contributed by atoms with Gasteiger partial charge in [0.1, 0.15) is 12.4 Å². The lowest BCUT2D eigenvalue weighted by atomic mass is 10.0. The largest absolute Gasteiger partial charge is 0.433 e. The topological polar surface area (TPSA) is 47.0 Å². The van der Waals surface area contributed by atoms with Gasteiger partial charge in [0.2, 0.25) is 0 Å². The number of rotatable bonds is 5. The Morgan fingerprint density at radius 2 is 2.00 bits per heavy atom. The number of hydrogen-bond donors (Lipinski definition) is 1. The Labute approximate surface area is 117 Å². The molecule has 1 aliphatic rings. The first-order valence-corrected chi connectivity index (χ1v) is 6.40. The second-order valence-electron chi connectivity index (χ2n) is 4.55. The molecule has 9 heteroatoms. The van der Waals surface area contributed by atoms with Crippen molar-refractivity contribution in [3.8, 4) is 0 Å². The Balaban J connectivity index is 2.15. The fraction of sp³-hybridized carbons (Fsp3) is 0.667. The van der Waals surface area contributed by atoms with Gasteiger partial charge < -0.3 is 10.1 Å². The van der Waals surface area contributed by atoms with Crippen LogP contribution in [-0.4, -0.2) is 36.2 Å². The normalized spacial score (nSPS) is 15.3. The van der Waals surface area contributed by atoms with Gasteiger partial charge in [-0.1, -0.05) is 0 Å². The van der Waals surface area contributed by atoms with Crippen LogP contribution >= 0.6 is 0 Å². The number of nitrogens with zero attached hydrogens (tertiary/aromatic N) is 2. The van der Waals surface area contributed by atoms with Crippen LogP contribution in [0.4, 0.5) is 22.0 Å². The van der Waals surface area contributed by atoms with E-state index in [0.717, 1.165) is 0 Å². The van der Waals surface area contributed by atoms with Crippen molar-refractivity contribution in [1.29, 1.82) is 0 Å². The molecule has 0 bridgehead atoms. The molecule has 0 saturated carbocycles. The Morgan fingerprint density at radius 3 is 2.67 bits per heavy atom. The first-order chi connectivity index (χ1) is 9.88. The van der Waals surface area contributed by atoms with E-state index in [4.69, 9.17) is 0 Å². The van der Waals surface area contributed by atoms with Crippen molar-refractivity contribution in [3.05, 3.63) is 22.8 Å². The molecule has 0 unspecified atom stereocenters. The van der Waals surface area contributed by atoms with Crippen molar-refractivity contribution in [3.63, 3.8) is 0 Å². The maximum atomic E-state index is 13.0. The van der Waals surface area contributed by atoms with Gasteiger partial charge in [-0.15, -0.1) is 0 Å². The maximum absolute atomic E-state index is 13.0. The van der Waals surface area contributed by atoms with E-state index in [2.05, 4.69) is 20.0 Å². The third-order valence-corrected chi connectivity index (χ3v) is 2.97. The second kappa shape index (κ2) is 6.61. The summed E-state index contributed by atoms with van der Waals surface area (Å²) in [5.74, 6) is -0.0426. The molecule has 2 heterocycles. The van der Waals surface area contributed by atoms with Crippen LogP contribution in [0.25, 0.3) is 0 Å². The molecule has 0 radical (unpaired) electrons. The average molecular weight is 311 g/mol. The third kappa shape index (κ3) is 4.31. The van der Waals surface area contributed by atoms with Crippen LogP contribution in [0.15, 0.2) is 0 Å². The summed E-state index contributed by atoms with van der Waals surface area (Å²) in [6.45, 7) is -0.214. The molecule has 0 aliphatic carbocycles. The molecule has 1 aliphatic heterocycles. The molecule has 0 saturated heterocycles. The highest BCUT2D eigenvalue weighted by atomic mass is 19.4. The van der Waals surface area contributed by atoms with Crippen LogP contribution in [0.5, 0.6) is 0 Å². The molecule has 0 atom stereocenters. The fourth-order valence-corrected chi connectivity index (χ4v) is 2.09. The number of aromatic nitrogens is 2. The summed E-state index contributed by atoms with van der Waals surface area (Å²) in [5.41, 5.74) is -0.510. The lowest BCUT2D eigenvalue weighted by Crippen LogP contribution is -2.29. The molecule has 118 valence electrons. The van der Waals surface area contributed by atoms with Gasteiger partial charge in [0.05, 0.1) is 12.3 Å². The van der Waals surface area contributed by atoms with Gasteiger partial charge in [-0.05, 0) is 13.0 Å². The third-order valence-electron chi connectivity index (χ3n) is 2.97. The zero-order valence-corrected chi connectivity index (χ0v) is 11.0. The molecular formula is C12H14F5N3O. The smallest absolute Gasteiger partial charge is 0.375 e. The van der Waals surface area contributed by atoms with Gasteiger partial charge >= 0.3 is 6.18 Å².